The van der Waals surface area contributed by atoms with Crippen LogP contribution in [0, 0.1) is 0 Å². The van der Waals surface area contributed by atoms with Crippen LogP contribution in [0.1, 0.15) is 60.1 Å². The molecule has 1 unspecified atom stereocenters. The van der Waals surface area contributed by atoms with Gasteiger partial charge in [0, 0.05) is 18.0 Å². The van der Waals surface area contributed by atoms with Crippen molar-refractivity contribution in [1.29, 1.82) is 0 Å². The van der Waals surface area contributed by atoms with E-state index in [4.69, 9.17) is 9.47 Å². The molecule has 6 heteroatoms. The molecular formula is C23H26N2O4. The van der Waals surface area contributed by atoms with Crippen LogP contribution >= 0.6 is 0 Å². The van der Waals surface area contributed by atoms with E-state index < -0.39 is 18.2 Å². The molecule has 0 saturated carbocycles. The van der Waals surface area contributed by atoms with Crippen LogP contribution in [0.4, 0.5) is 10.5 Å². The second-order valence-corrected chi connectivity index (χ2v) is 7.55. The van der Waals surface area contributed by atoms with Gasteiger partial charge in [-0.2, -0.15) is 0 Å². The van der Waals surface area contributed by atoms with Gasteiger partial charge in [0.15, 0.2) is 0 Å². The summed E-state index contributed by atoms with van der Waals surface area (Å²) < 4.78 is 10.7. The average molecular weight is 394 g/mol. The molecule has 1 heterocycles. The molecule has 2 aliphatic carbocycles. The molecule has 0 fully saturated rings. The fraction of sp³-hybridized carbons (Fsp3) is 0.435. The van der Waals surface area contributed by atoms with Crippen LogP contribution in [0.15, 0.2) is 30.6 Å². The number of amides is 1. The van der Waals surface area contributed by atoms with Crippen molar-refractivity contribution in [2.24, 2.45) is 0 Å². The number of aromatic nitrogens is 1. The van der Waals surface area contributed by atoms with Crippen molar-refractivity contribution in [1.82, 2.24) is 4.98 Å². The fourth-order valence-corrected chi connectivity index (χ4v) is 4.39. The number of aryl methyl sites for hydroxylation is 2. The summed E-state index contributed by atoms with van der Waals surface area (Å²) in [4.78, 5) is 28.9. The molecule has 0 radical (unpaired) electrons. The van der Waals surface area contributed by atoms with Gasteiger partial charge in [-0.3, -0.25) is 15.1 Å². The molecule has 0 spiro atoms. The zero-order chi connectivity index (χ0) is 20.2. The zero-order valence-corrected chi connectivity index (χ0v) is 16.7. The SMILES string of the molecule is CCOC(=O)CC(OC(=O)Nc1c2c(cc3c1CCC3)CCC2)c1cccnc1. The molecule has 29 heavy (non-hydrogen) atoms. The number of fused-ring (bicyclic) bond motifs is 2. The monoisotopic (exact) mass is 394 g/mol. The first-order chi connectivity index (χ1) is 14.2. The first-order valence-electron chi connectivity index (χ1n) is 10.4. The molecule has 1 N–H and O–H groups in total. The lowest BCUT2D eigenvalue weighted by Crippen LogP contribution is -2.22. The Balaban J connectivity index is 1.54. The minimum absolute atomic E-state index is 0.0437. The number of nitrogens with zero attached hydrogens (tertiary/aromatic N) is 1. The van der Waals surface area contributed by atoms with E-state index in [0.29, 0.717) is 5.56 Å². The average Bonchev–Trinajstić information content (AvgIpc) is 3.37. The Bertz CT molecular complexity index is 879. The Morgan fingerprint density at radius 2 is 1.86 bits per heavy atom. The Morgan fingerprint density at radius 1 is 1.14 bits per heavy atom. The van der Waals surface area contributed by atoms with Crippen LogP contribution in [-0.4, -0.2) is 23.7 Å². The van der Waals surface area contributed by atoms with Crippen molar-refractivity contribution in [3.63, 3.8) is 0 Å². The summed E-state index contributed by atoms with van der Waals surface area (Å²) in [5, 5.41) is 3.01. The molecule has 0 bridgehead atoms. The molecule has 1 amide bonds. The number of benzene rings is 1. The van der Waals surface area contributed by atoms with E-state index in [2.05, 4.69) is 16.4 Å². The Labute approximate surface area is 170 Å². The lowest BCUT2D eigenvalue weighted by Gasteiger charge is -2.20. The Morgan fingerprint density at radius 3 is 2.48 bits per heavy atom. The van der Waals surface area contributed by atoms with E-state index in [-0.39, 0.29) is 13.0 Å². The molecule has 1 aromatic carbocycles. The summed E-state index contributed by atoms with van der Waals surface area (Å²) in [7, 11) is 0. The molecule has 0 aliphatic heterocycles. The number of esters is 1. The third-order valence-electron chi connectivity index (χ3n) is 5.66. The van der Waals surface area contributed by atoms with Gasteiger partial charge in [0.1, 0.15) is 6.10 Å². The molecule has 1 atom stereocenters. The van der Waals surface area contributed by atoms with Crippen molar-refractivity contribution in [3.05, 3.63) is 58.4 Å². The fourth-order valence-electron chi connectivity index (χ4n) is 4.39. The number of pyridine rings is 1. The minimum atomic E-state index is -0.743. The van der Waals surface area contributed by atoms with Crippen LogP contribution in [0.25, 0.3) is 0 Å². The molecule has 6 nitrogen and oxygen atoms in total. The van der Waals surface area contributed by atoms with Gasteiger partial charge < -0.3 is 9.47 Å². The number of carbonyl (C=O) groups is 2. The van der Waals surface area contributed by atoms with Crippen LogP contribution in [0.5, 0.6) is 0 Å². The first kappa shape index (κ1) is 19.4. The third kappa shape index (κ3) is 4.26. The van der Waals surface area contributed by atoms with Crippen molar-refractivity contribution >= 4 is 17.7 Å². The molecule has 0 saturated heterocycles. The van der Waals surface area contributed by atoms with E-state index in [1.54, 1.807) is 31.5 Å². The summed E-state index contributed by atoms with van der Waals surface area (Å²) in [5.41, 5.74) is 6.77. The number of carbonyl (C=O) groups excluding carboxylic acids is 2. The summed E-state index contributed by atoms with van der Waals surface area (Å²) in [6.07, 6.45) is 8.23. The smallest absolute Gasteiger partial charge is 0.412 e. The van der Waals surface area contributed by atoms with Crippen LogP contribution in [0.2, 0.25) is 0 Å². The van der Waals surface area contributed by atoms with Gasteiger partial charge in [-0.15, -0.1) is 0 Å². The number of ether oxygens (including phenoxy) is 2. The highest BCUT2D eigenvalue weighted by Crippen LogP contribution is 2.38. The summed E-state index contributed by atoms with van der Waals surface area (Å²) >= 11 is 0. The maximum atomic E-state index is 12.8. The van der Waals surface area contributed by atoms with Crippen LogP contribution in [0.3, 0.4) is 0 Å². The summed E-state index contributed by atoms with van der Waals surface area (Å²) in [6.45, 7) is 2.04. The van der Waals surface area contributed by atoms with Crippen LogP contribution < -0.4 is 5.32 Å². The number of hydrogen-bond donors (Lipinski definition) is 1. The number of hydrogen-bond acceptors (Lipinski definition) is 5. The maximum absolute atomic E-state index is 12.8. The highest BCUT2D eigenvalue weighted by molar-refractivity contribution is 5.88. The maximum Gasteiger partial charge on any atom is 0.412 e. The van der Waals surface area contributed by atoms with Crippen molar-refractivity contribution in [2.75, 3.05) is 11.9 Å². The van der Waals surface area contributed by atoms with Crippen molar-refractivity contribution < 1.29 is 19.1 Å². The van der Waals surface area contributed by atoms with E-state index >= 15 is 0 Å². The zero-order valence-electron chi connectivity index (χ0n) is 16.7. The Kier molecular flexibility index (Phi) is 5.79. The van der Waals surface area contributed by atoms with Gasteiger partial charge in [0.2, 0.25) is 0 Å². The molecule has 152 valence electrons. The van der Waals surface area contributed by atoms with Gasteiger partial charge in [0.25, 0.3) is 0 Å². The second kappa shape index (κ2) is 8.64. The predicted octanol–water partition coefficient (Wildman–Crippen LogP) is 4.30. The second-order valence-electron chi connectivity index (χ2n) is 7.55. The molecular weight excluding hydrogens is 368 g/mol. The molecule has 2 aliphatic rings. The van der Waals surface area contributed by atoms with E-state index in [1.165, 1.54) is 22.3 Å². The predicted molar refractivity (Wildman–Crippen MR) is 109 cm³/mol. The molecule has 1 aromatic heterocycles. The number of anilines is 1. The Hall–Kier alpha value is -2.89. The highest BCUT2D eigenvalue weighted by Gasteiger charge is 2.27. The van der Waals surface area contributed by atoms with Gasteiger partial charge in [-0.25, -0.2) is 4.79 Å². The van der Waals surface area contributed by atoms with Crippen molar-refractivity contribution in [2.45, 2.75) is 58.0 Å². The largest absolute Gasteiger partial charge is 0.466 e. The summed E-state index contributed by atoms with van der Waals surface area (Å²) in [5.74, 6) is -0.407. The van der Waals surface area contributed by atoms with Crippen LogP contribution in [-0.2, 0) is 40.0 Å². The lowest BCUT2D eigenvalue weighted by atomic mass is 9.99. The minimum Gasteiger partial charge on any atom is -0.466 e. The lowest BCUT2D eigenvalue weighted by molar-refractivity contribution is -0.145. The molecule has 2 aromatic rings. The van der Waals surface area contributed by atoms with Crippen molar-refractivity contribution in [3.8, 4) is 0 Å². The van der Waals surface area contributed by atoms with E-state index in [1.807, 2.05) is 0 Å². The van der Waals surface area contributed by atoms with Gasteiger partial charge >= 0.3 is 12.1 Å². The number of nitrogens with one attached hydrogen (secondary N) is 1. The van der Waals surface area contributed by atoms with E-state index in [0.717, 1.165) is 44.2 Å². The molecule has 4 rings (SSSR count). The van der Waals surface area contributed by atoms with E-state index in [9.17, 15) is 9.59 Å². The quantitative estimate of drug-likeness (QED) is 0.739. The third-order valence-corrected chi connectivity index (χ3v) is 5.66. The standard InChI is InChI=1S/C23H26N2O4/c1-2-28-21(26)13-20(17-8-5-11-24-14-17)29-23(27)25-22-18-9-3-6-15(18)12-16-7-4-10-19(16)22/h5,8,11-12,14,20H,2-4,6-7,9-10,13H2,1H3,(H,25,27). The first-order valence-corrected chi connectivity index (χ1v) is 10.4. The topological polar surface area (TPSA) is 77.5 Å². The van der Waals surface area contributed by atoms with Gasteiger partial charge in [0.05, 0.1) is 18.7 Å². The highest BCUT2D eigenvalue weighted by atomic mass is 16.6. The summed E-state index contributed by atoms with van der Waals surface area (Å²) in [6, 6.07) is 5.87. The van der Waals surface area contributed by atoms with Gasteiger partial charge in [-0.05, 0) is 73.8 Å². The van der Waals surface area contributed by atoms with Gasteiger partial charge in [-0.1, -0.05) is 12.1 Å². The normalized spacial score (nSPS) is 15.3. The number of rotatable bonds is 6.